The number of aromatic nitrogens is 2. The van der Waals surface area contributed by atoms with Crippen molar-refractivity contribution < 1.29 is 13.2 Å². The Balaban J connectivity index is 1.85. The van der Waals surface area contributed by atoms with Crippen LogP contribution in [0.1, 0.15) is 77.3 Å². The topological polar surface area (TPSA) is 91.9 Å². The van der Waals surface area contributed by atoms with Crippen LogP contribution in [0.25, 0.3) is 0 Å². The number of H-pyrrole nitrogens is 1. The van der Waals surface area contributed by atoms with Crippen molar-refractivity contribution in [1.29, 1.82) is 0 Å². The van der Waals surface area contributed by atoms with E-state index in [0.29, 0.717) is 11.7 Å². The maximum atomic E-state index is 11.9. The van der Waals surface area contributed by atoms with E-state index in [1.54, 1.807) is 13.8 Å². The number of nitrogens with one attached hydrogen (secondary N) is 2. The van der Waals surface area contributed by atoms with E-state index in [-0.39, 0.29) is 0 Å². The summed E-state index contributed by atoms with van der Waals surface area (Å²) < 4.78 is 23.6. The van der Waals surface area contributed by atoms with Gasteiger partial charge < -0.3 is 5.32 Å². The van der Waals surface area contributed by atoms with Crippen LogP contribution in [0.4, 0.5) is 5.82 Å². The number of anilines is 1. The van der Waals surface area contributed by atoms with Crippen molar-refractivity contribution in [3.63, 3.8) is 0 Å². The molecule has 0 bridgehead atoms. The number of sulfone groups is 1. The number of nitrogens with zero attached hydrogens (tertiary/aromatic N) is 1. The molecule has 0 spiro atoms. The van der Waals surface area contributed by atoms with Gasteiger partial charge in [-0.25, -0.2) is 8.42 Å². The third-order valence-corrected chi connectivity index (χ3v) is 7.27. The average Bonchev–Trinajstić information content (AvgIpc) is 3.01. The van der Waals surface area contributed by atoms with Gasteiger partial charge >= 0.3 is 0 Å². The lowest BCUT2D eigenvalue weighted by Crippen LogP contribution is -2.28. The van der Waals surface area contributed by atoms with Crippen molar-refractivity contribution in [3.05, 3.63) is 11.8 Å². The van der Waals surface area contributed by atoms with Crippen molar-refractivity contribution in [2.24, 2.45) is 5.92 Å². The Labute approximate surface area is 151 Å². The van der Waals surface area contributed by atoms with Crippen molar-refractivity contribution in [2.45, 2.75) is 76.9 Å². The first kappa shape index (κ1) is 19.9. The number of unbranched alkanes of at least 4 members (excludes halogenated alkanes) is 1. The quantitative estimate of drug-likeness (QED) is 0.732. The van der Waals surface area contributed by atoms with Gasteiger partial charge in [-0.15, -0.1) is 0 Å². The lowest BCUT2D eigenvalue weighted by molar-refractivity contribution is -0.113. The fourth-order valence-electron chi connectivity index (χ4n) is 3.39. The summed E-state index contributed by atoms with van der Waals surface area (Å²) in [6, 6.07) is 1.84. The molecule has 0 radical (unpaired) electrons. The summed E-state index contributed by atoms with van der Waals surface area (Å²) in [6.07, 6.45) is 8.69. The summed E-state index contributed by atoms with van der Waals surface area (Å²) in [7, 11) is -3.40. The van der Waals surface area contributed by atoms with E-state index in [9.17, 15) is 13.2 Å². The second-order valence-electron chi connectivity index (χ2n) is 7.47. The Morgan fingerprint density at radius 1 is 1.32 bits per heavy atom. The number of carbonyl (C=O) groups is 1. The van der Waals surface area contributed by atoms with E-state index >= 15 is 0 Å². The van der Waals surface area contributed by atoms with Gasteiger partial charge in [-0.3, -0.25) is 9.89 Å². The summed E-state index contributed by atoms with van der Waals surface area (Å²) in [6.45, 7) is 5.39. The molecule has 0 saturated heterocycles. The number of hydrogen-bond acceptors (Lipinski definition) is 4. The molecule has 2 N–H and O–H groups in total. The minimum absolute atomic E-state index is 0.409. The third-order valence-electron chi connectivity index (χ3n) is 5.17. The fourth-order valence-corrected chi connectivity index (χ4v) is 4.16. The summed E-state index contributed by atoms with van der Waals surface area (Å²) in [5, 5.41) is 9.16. The van der Waals surface area contributed by atoms with E-state index in [1.807, 2.05) is 6.07 Å². The molecule has 1 saturated carbocycles. The summed E-state index contributed by atoms with van der Waals surface area (Å²) in [5.74, 6) is 0.673. The zero-order valence-corrected chi connectivity index (χ0v) is 16.4. The van der Waals surface area contributed by atoms with Gasteiger partial charge in [0, 0.05) is 17.7 Å². The largest absolute Gasteiger partial charge is 0.308 e. The number of hydrogen-bond donors (Lipinski definition) is 2. The van der Waals surface area contributed by atoms with Crippen LogP contribution in [-0.2, 0) is 14.6 Å². The Hall–Kier alpha value is -1.37. The molecule has 1 amide bonds. The van der Waals surface area contributed by atoms with Crippen LogP contribution in [0.5, 0.6) is 0 Å². The zero-order chi connectivity index (χ0) is 18.4. The SMILES string of the molecule is CCCCC1CCC(c2cc(NC(=O)CS(=O)(=O)C(C)C)n[nH]2)CC1. The van der Waals surface area contributed by atoms with Gasteiger partial charge in [0.1, 0.15) is 5.75 Å². The summed E-state index contributed by atoms with van der Waals surface area (Å²) in [5.41, 5.74) is 1.04. The number of rotatable bonds is 8. The van der Waals surface area contributed by atoms with Gasteiger partial charge in [0.05, 0.1) is 5.25 Å². The molecule has 0 atom stereocenters. The lowest BCUT2D eigenvalue weighted by Gasteiger charge is -2.27. The highest BCUT2D eigenvalue weighted by Crippen LogP contribution is 2.37. The predicted molar refractivity (Wildman–Crippen MR) is 100 cm³/mol. The number of carbonyl (C=O) groups excluding carboxylic acids is 1. The molecule has 6 nitrogen and oxygen atoms in total. The van der Waals surface area contributed by atoms with E-state index < -0.39 is 26.7 Å². The molecule has 0 aliphatic heterocycles. The highest BCUT2D eigenvalue weighted by atomic mass is 32.2. The monoisotopic (exact) mass is 369 g/mol. The second-order valence-corrected chi connectivity index (χ2v) is 10.0. The molecule has 0 unspecified atom stereocenters. The Morgan fingerprint density at radius 2 is 2.00 bits per heavy atom. The maximum Gasteiger partial charge on any atom is 0.240 e. The second kappa shape index (κ2) is 8.83. The van der Waals surface area contributed by atoms with Crippen molar-refractivity contribution in [3.8, 4) is 0 Å². The molecular formula is C18H31N3O3S. The van der Waals surface area contributed by atoms with Crippen molar-refractivity contribution in [1.82, 2.24) is 10.2 Å². The van der Waals surface area contributed by atoms with Crippen LogP contribution in [0, 0.1) is 5.92 Å². The molecule has 25 heavy (non-hydrogen) atoms. The van der Waals surface area contributed by atoms with Crippen LogP contribution in [0.2, 0.25) is 0 Å². The third kappa shape index (κ3) is 5.83. The van der Waals surface area contributed by atoms with Crippen molar-refractivity contribution >= 4 is 21.6 Å². The minimum atomic E-state index is -3.40. The van der Waals surface area contributed by atoms with Crippen LogP contribution in [0.3, 0.4) is 0 Å². The molecule has 7 heteroatoms. The van der Waals surface area contributed by atoms with Gasteiger partial charge in [-0.2, -0.15) is 5.10 Å². The molecule has 0 aromatic carbocycles. The number of amides is 1. The molecule has 1 aromatic heterocycles. The lowest BCUT2D eigenvalue weighted by atomic mass is 9.78. The fraction of sp³-hybridized carbons (Fsp3) is 0.778. The maximum absolute atomic E-state index is 11.9. The van der Waals surface area contributed by atoms with Gasteiger partial charge in [-0.1, -0.05) is 26.2 Å². The summed E-state index contributed by atoms with van der Waals surface area (Å²) in [4.78, 5) is 11.9. The molecule has 142 valence electrons. The van der Waals surface area contributed by atoms with Crippen LogP contribution in [0.15, 0.2) is 6.07 Å². The van der Waals surface area contributed by atoms with E-state index in [2.05, 4.69) is 22.4 Å². The minimum Gasteiger partial charge on any atom is -0.308 e. The first-order valence-electron chi connectivity index (χ1n) is 9.38. The molecular weight excluding hydrogens is 338 g/mol. The average molecular weight is 370 g/mol. The highest BCUT2D eigenvalue weighted by Gasteiger charge is 2.24. The molecule has 1 heterocycles. The first-order valence-corrected chi connectivity index (χ1v) is 11.1. The Morgan fingerprint density at radius 3 is 2.60 bits per heavy atom. The van der Waals surface area contributed by atoms with Gasteiger partial charge in [-0.05, 0) is 45.4 Å². The molecule has 2 rings (SSSR count). The number of aromatic amines is 1. The highest BCUT2D eigenvalue weighted by molar-refractivity contribution is 7.92. The molecule has 1 aliphatic carbocycles. The molecule has 1 aromatic rings. The molecule has 1 aliphatic rings. The van der Waals surface area contributed by atoms with Crippen LogP contribution in [-0.4, -0.2) is 35.5 Å². The summed E-state index contributed by atoms with van der Waals surface area (Å²) >= 11 is 0. The standard InChI is InChI=1S/C18H31N3O3S/c1-4-5-6-14-7-9-15(10-8-14)16-11-17(21-20-16)19-18(22)12-25(23,24)13(2)3/h11,13-15H,4-10,12H2,1-3H3,(H2,19,20,21,22). The Kier molecular flexibility index (Phi) is 7.04. The van der Waals surface area contributed by atoms with Crippen LogP contribution >= 0.6 is 0 Å². The van der Waals surface area contributed by atoms with E-state index in [4.69, 9.17) is 0 Å². The molecule has 1 fully saturated rings. The van der Waals surface area contributed by atoms with E-state index in [0.717, 1.165) is 24.5 Å². The van der Waals surface area contributed by atoms with E-state index in [1.165, 1.54) is 32.1 Å². The van der Waals surface area contributed by atoms with Gasteiger partial charge in [0.15, 0.2) is 15.7 Å². The van der Waals surface area contributed by atoms with Crippen molar-refractivity contribution in [2.75, 3.05) is 11.1 Å². The van der Waals surface area contributed by atoms with Gasteiger partial charge in [0.2, 0.25) is 5.91 Å². The Bertz CT molecular complexity index is 659. The van der Waals surface area contributed by atoms with Gasteiger partial charge in [0.25, 0.3) is 0 Å². The first-order chi connectivity index (χ1) is 11.8. The predicted octanol–water partition coefficient (Wildman–Crippen LogP) is 3.64. The smallest absolute Gasteiger partial charge is 0.240 e. The normalized spacial score (nSPS) is 21.4. The zero-order valence-electron chi connectivity index (χ0n) is 15.5. The van der Waals surface area contributed by atoms with Crippen LogP contribution < -0.4 is 5.32 Å².